The summed E-state index contributed by atoms with van der Waals surface area (Å²) in [6, 6.07) is 0.389. The number of hydrogen-bond acceptors (Lipinski definition) is 2. The molecule has 2 nitrogen and oxygen atoms in total. The molecule has 0 bridgehead atoms. The van der Waals surface area contributed by atoms with E-state index in [4.69, 9.17) is 5.11 Å². The standard InChI is InChI=1S/C9H17NO/c1-3-4-8-5-9(7-11)10(2)6-8/h3,8-9,11H,1,4-7H2,2H3/t8-,9?/m1/s1. The highest BCUT2D eigenvalue weighted by Crippen LogP contribution is 2.23. The van der Waals surface area contributed by atoms with Gasteiger partial charge in [0, 0.05) is 12.6 Å². The quantitative estimate of drug-likeness (QED) is 0.611. The molecule has 0 aromatic rings. The van der Waals surface area contributed by atoms with E-state index in [2.05, 4.69) is 18.5 Å². The molecule has 1 aliphatic rings. The smallest absolute Gasteiger partial charge is 0.0586 e. The molecule has 2 heteroatoms. The maximum absolute atomic E-state index is 8.95. The third-order valence-electron chi connectivity index (χ3n) is 2.49. The van der Waals surface area contributed by atoms with Crippen LogP contribution >= 0.6 is 0 Å². The molecule has 1 N–H and O–H groups in total. The SMILES string of the molecule is C=CC[C@@H]1CC(CO)N(C)C1. The Labute approximate surface area is 68.5 Å². The molecule has 1 heterocycles. The lowest BCUT2D eigenvalue weighted by Crippen LogP contribution is -2.27. The number of aliphatic hydroxyl groups excluding tert-OH is 1. The summed E-state index contributed by atoms with van der Waals surface area (Å²) in [6.45, 7) is 5.12. The van der Waals surface area contributed by atoms with Crippen molar-refractivity contribution >= 4 is 0 Å². The largest absolute Gasteiger partial charge is 0.395 e. The Kier molecular flexibility index (Phi) is 3.09. The molecule has 0 aromatic heterocycles. The number of aliphatic hydroxyl groups is 1. The monoisotopic (exact) mass is 155 g/mol. The summed E-state index contributed by atoms with van der Waals surface area (Å²) in [7, 11) is 2.07. The van der Waals surface area contributed by atoms with Gasteiger partial charge in [-0.1, -0.05) is 6.08 Å². The Bertz CT molecular complexity index is 136. The lowest BCUT2D eigenvalue weighted by atomic mass is 10.0. The van der Waals surface area contributed by atoms with Crippen LogP contribution in [0.2, 0.25) is 0 Å². The second-order valence-corrected chi connectivity index (χ2v) is 3.40. The van der Waals surface area contributed by atoms with Gasteiger partial charge in [0.2, 0.25) is 0 Å². The fourth-order valence-electron chi connectivity index (χ4n) is 1.82. The second-order valence-electron chi connectivity index (χ2n) is 3.40. The molecule has 0 amide bonds. The van der Waals surface area contributed by atoms with Crippen molar-refractivity contribution in [1.82, 2.24) is 4.90 Å². The van der Waals surface area contributed by atoms with Gasteiger partial charge in [-0.3, -0.25) is 0 Å². The van der Waals surface area contributed by atoms with Crippen LogP contribution in [-0.4, -0.2) is 36.2 Å². The molecule has 64 valence electrons. The van der Waals surface area contributed by atoms with Crippen molar-refractivity contribution in [2.75, 3.05) is 20.2 Å². The summed E-state index contributed by atoms with van der Waals surface area (Å²) in [5, 5.41) is 8.95. The normalized spacial score (nSPS) is 32.5. The minimum Gasteiger partial charge on any atom is -0.395 e. The van der Waals surface area contributed by atoms with Crippen molar-refractivity contribution in [1.29, 1.82) is 0 Å². The van der Waals surface area contributed by atoms with Crippen LogP contribution in [0.5, 0.6) is 0 Å². The Hall–Kier alpha value is -0.340. The second kappa shape index (κ2) is 3.88. The Morgan fingerprint density at radius 2 is 2.45 bits per heavy atom. The summed E-state index contributed by atoms with van der Waals surface area (Å²) in [4.78, 5) is 2.23. The summed E-state index contributed by atoms with van der Waals surface area (Å²) in [5.74, 6) is 0.717. The zero-order valence-corrected chi connectivity index (χ0v) is 7.16. The van der Waals surface area contributed by atoms with Gasteiger partial charge in [0.05, 0.1) is 6.61 Å². The highest BCUT2D eigenvalue weighted by Gasteiger charge is 2.27. The van der Waals surface area contributed by atoms with Crippen molar-refractivity contribution in [3.05, 3.63) is 12.7 Å². The van der Waals surface area contributed by atoms with Gasteiger partial charge in [0.15, 0.2) is 0 Å². The summed E-state index contributed by atoms with van der Waals surface area (Å²) < 4.78 is 0. The van der Waals surface area contributed by atoms with Gasteiger partial charge < -0.3 is 10.0 Å². The van der Waals surface area contributed by atoms with Crippen molar-refractivity contribution in [3.63, 3.8) is 0 Å². The number of likely N-dealkylation sites (N-methyl/N-ethyl adjacent to an activating group) is 1. The summed E-state index contributed by atoms with van der Waals surface area (Å²) >= 11 is 0. The van der Waals surface area contributed by atoms with Crippen molar-refractivity contribution < 1.29 is 5.11 Å². The minimum absolute atomic E-state index is 0.296. The number of likely N-dealkylation sites (tertiary alicyclic amines) is 1. The number of allylic oxidation sites excluding steroid dienone is 1. The third kappa shape index (κ3) is 2.04. The topological polar surface area (TPSA) is 23.5 Å². The van der Waals surface area contributed by atoms with Gasteiger partial charge in [-0.05, 0) is 25.8 Å². The first-order valence-corrected chi connectivity index (χ1v) is 4.20. The number of nitrogens with zero attached hydrogens (tertiary/aromatic N) is 1. The average Bonchev–Trinajstić information content (AvgIpc) is 2.32. The Balaban J connectivity index is 2.36. The first-order chi connectivity index (χ1) is 5.27. The summed E-state index contributed by atoms with van der Waals surface area (Å²) in [6.07, 6.45) is 4.18. The van der Waals surface area contributed by atoms with Crippen LogP contribution in [0.1, 0.15) is 12.8 Å². The maximum Gasteiger partial charge on any atom is 0.0586 e. The average molecular weight is 155 g/mol. The summed E-state index contributed by atoms with van der Waals surface area (Å²) in [5.41, 5.74) is 0. The minimum atomic E-state index is 0.296. The zero-order valence-electron chi connectivity index (χ0n) is 7.16. The lowest BCUT2D eigenvalue weighted by molar-refractivity contribution is 0.182. The Morgan fingerprint density at radius 1 is 1.73 bits per heavy atom. The predicted octanol–water partition coefficient (Wildman–Crippen LogP) is 0.875. The van der Waals surface area contributed by atoms with E-state index in [0.29, 0.717) is 12.6 Å². The van der Waals surface area contributed by atoms with Crippen LogP contribution in [0.3, 0.4) is 0 Å². The van der Waals surface area contributed by atoms with E-state index < -0.39 is 0 Å². The number of rotatable bonds is 3. The molecule has 1 unspecified atom stereocenters. The van der Waals surface area contributed by atoms with Crippen molar-refractivity contribution in [2.45, 2.75) is 18.9 Å². The highest BCUT2D eigenvalue weighted by molar-refractivity contribution is 4.86. The maximum atomic E-state index is 8.95. The molecule has 1 aliphatic heterocycles. The van der Waals surface area contributed by atoms with E-state index in [1.807, 2.05) is 6.08 Å². The molecule has 0 aromatic carbocycles. The van der Waals surface area contributed by atoms with Crippen LogP contribution in [0.25, 0.3) is 0 Å². The zero-order chi connectivity index (χ0) is 8.27. The molecule has 0 aliphatic carbocycles. The lowest BCUT2D eigenvalue weighted by Gasteiger charge is -2.15. The highest BCUT2D eigenvalue weighted by atomic mass is 16.3. The van der Waals surface area contributed by atoms with Crippen LogP contribution in [0.4, 0.5) is 0 Å². The molecular formula is C9H17NO. The van der Waals surface area contributed by atoms with Gasteiger partial charge >= 0.3 is 0 Å². The Morgan fingerprint density at radius 3 is 2.91 bits per heavy atom. The van der Waals surface area contributed by atoms with Crippen molar-refractivity contribution in [3.8, 4) is 0 Å². The molecule has 1 fully saturated rings. The molecule has 1 saturated heterocycles. The molecule has 1 rings (SSSR count). The van der Waals surface area contributed by atoms with Gasteiger partial charge in [-0.2, -0.15) is 0 Å². The van der Waals surface area contributed by atoms with E-state index in [1.165, 1.54) is 0 Å². The molecule has 0 radical (unpaired) electrons. The van der Waals surface area contributed by atoms with E-state index in [9.17, 15) is 0 Å². The van der Waals surface area contributed by atoms with Crippen LogP contribution < -0.4 is 0 Å². The van der Waals surface area contributed by atoms with Crippen LogP contribution in [0, 0.1) is 5.92 Å². The van der Waals surface area contributed by atoms with Crippen molar-refractivity contribution in [2.24, 2.45) is 5.92 Å². The van der Waals surface area contributed by atoms with Crippen LogP contribution in [0.15, 0.2) is 12.7 Å². The van der Waals surface area contributed by atoms with Gasteiger partial charge in [0.1, 0.15) is 0 Å². The van der Waals surface area contributed by atoms with E-state index in [-0.39, 0.29) is 0 Å². The first kappa shape index (κ1) is 8.75. The third-order valence-corrected chi connectivity index (χ3v) is 2.49. The van der Waals surface area contributed by atoms with E-state index in [1.54, 1.807) is 0 Å². The molecule has 0 spiro atoms. The fraction of sp³-hybridized carbons (Fsp3) is 0.778. The molecule has 2 atom stereocenters. The predicted molar refractivity (Wildman–Crippen MR) is 46.4 cm³/mol. The fourth-order valence-corrected chi connectivity index (χ4v) is 1.82. The van der Waals surface area contributed by atoms with Gasteiger partial charge in [0.25, 0.3) is 0 Å². The van der Waals surface area contributed by atoms with Gasteiger partial charge in [-0.25, -0.2) is 0 Å². The number of hydrogen-bond donors (Lipinski definition) is 1. The van der Waals surface area contributed by atoms with Crippen LogP contribution in [-0.2, 0) is 0 Å². The molecular weight excluding hydrogens is 138 g/mol. The van der Waals surface area contributed by atoms with E-state index in [0.717, 1.165) is 25.3 Å². The van der Waals surface area contributed by atoms with E-state index >= 15 is 0 Å². The van der Waals surface area contributed by atoms with Gasteiger partial charge in [-0.15, -0.1) is 6.58 Å². The molecule has 11 heavy (non-hydrogen) atoms. The molecule has 0 saturated carbocycles. The first-order valence-electron chi connectivity index (χ1n) is 4.20.